The summed E-state index contributed by atoms with van der Waals surface area (Å²) >= 11 is 3.45. The van der Waals surface area contributed by atoms with Crippen LogP contribution in [0.1, 0.15) is 34.1 Å². The topological polar surface area (TPSA) is 55.0 Å². The number of para-hydroxylation sites is 1. The maximum Gasteiger partial charge on any atom is 0.278 e. The predicted octanol–water partition coefficient (Wildman–Crippen LogP) is 5.04. The fraction of sp³-hybridized carbons (Fsp3) is 0.143. The van der Waals surface area contributed by atoms with E-state index in [1.165, 1.54) is 5.01 Å². The summed E-state index contributed by atoms with van der Waals surface area (Å²) in [4.78, 5) is 13.3. The molecule has 0 aliphatic carbocycles. The van der Waals surface area contributed by atoms with Crippen LogP contribution in [0, 0.1) is 0 Å². The van der Waals surface area contributed by atoms with Gasteiger partial charge in [-0.05, 0) is 42.0 Å². The average Bonchev–Trinajstić information content (AvgIpc) is 3.37. The highest BCUT2D eigenvalue weighted by molar-refractivity contribution is 9.10. The summed E-state index contributed by atoms with van der Waals surface area (Å²) in [6, 6.07) is 18.4. The number of rotatable bonds is 4. The first-order valence-electron chi connectivity index (χ1n) is 8.51. The van der Waals surface area contributed by atoms with Gasteiger partial charge in [-0.1, -0.05) is 40.2 Å². The second-order valence-electron chi connectivity index (χ2n) is 6.14. The molecule has 2 aromatic carbocycles. The maximum absolute atomic E-state index is 13.3. The average molecular weight is 425 g/mol. The summed E-state index contributed by atoms with van der Waals surface area (Å²) in [5, 5.41) is 6.14. The van der Waals surface area contributed by atoms with Gasteiger partial charge in [0, 0.05) is 10.9 Å². The molecule has 136 valence electrons. The molecule has 5 nitrogen and oxygen atoms in total. The number of benzene rings is 2. The van der Waals surface area contributed by atoms with Crippen molar-refractivity contribution < 1.29 is 13.9 Å². The van der Waals surface area contributed by atoms with Crippen molar-refractivity contribution in [2.24, 2.45) is 5.10 Å². The van der Waals surface area contributed by atoms with Crippen LogP contribution in [-0.2, 0) is 0 Å². The van der Waals surface area contributed by atoms with Gasteiger partial charge in [0.25, 0.3) is 5.91 Å². The fourth-order valence-corrected chi connectivity index (χ4v) is 3.43. The van der Waals surface area contributed by atoms with Gasteiger partial charge in [-0.25, -0.2) is 5.01 Å². The molecular formula is C21H17BrN2O3. The molecule has 1 aliphatic heterocycles. The van der Waals surface area contributed by atoms with E-state index in [1.54, 1.807) is 25.5 Å². The van der Waals surface area contributed by atoms with Crippen LogP contribution < -0.4 is 4.74 Å². The molecule has 1 amide bonds. The third kappa shape index (κ3) is 3.40. The van der Waals surface area contributed by atoms with E-state index >= 15 is 0 Å². The lowest BCUT2D eigenvalue weighted by Gasteiger charge is -2.20. The Bertz CT molecular complexity index is 981. The van der Waals surface area contributed by atoms with Crippen LogP contribution in [0.3, 0.4) is 0 Å². The van der Waals surface area contributed by atoms with Crippen LogP contribution in [-0.4, -0.2) is 23.7 Å². The molecule has 4 rings (SSSR count). The van der Waals surface area contributed by atoms with E-state index in [-0.39, 0.29) is 11.9 Å². The van der Waals surface area contributed by atoms with Crippen LogP contribution in [0.4, 0.5) is 0 Å². The zero-order chi connectivity index (χ0) is 18.8. The Balaban J connectivity index is 1.74. The molecule has 1 unspecified atom stereocenters. The predicted molar refractivity (Wildman–Crippen MR) is 106 cm³/mol. The van der Waals surface area contributed by atoms with Crippen LogP contribution in [0.15, 0.2) is 80.9 Å². The Morgan fingerprint density at radius 2 is 1.93 bits per heavy atom. The van der Waals surface area contributed by atoms with E-state index in [0.29, 0.717) is 23.5 Å². The normalized spacial score (nSPS) is 16.3. The third-order valence-corrected chi connectivity index (χ3v) is 5.03. The molecule has 27 heavy (non-hydrogen) atoms. The van der Waals surface area contributed by atoms with Crippen molar-refractivity contribution in [2.45, 2.75) is 12.5 Å². The molecule has 1 aromatic heterocycles. The monoisotopic (exact) mass is 424 g/mol. The van der Waals surface area contributed by atoms with Gasteiger partial charge >= 0.3 is 0 Å². The lowest BCUT2D eigenvalue weighted by molar-refractivity contribution is 0.0689. The lowest BCUT2D eigenvalue weighted by atomic mass is 10.0. The maximum atomic E-state index is 13.3. The van der Waals surface area contributed by atoms with Crippen molar-refractivity contribution in [3.63, 3.8) is 0 Å². The summed E-state index contributed by atoms with van der Waals surface area (Å²) in [7, 11) is 1.55. The first kappa shape index (κ1) is 17.5. The number of methoxy groups -OCH3 is 1. The molecule has 0 N–H and O–H groups in total. The molecule has 0 saturated heterocycles. The van der Waals surface area contributed by atoms with Crippen molar-refractivity contribution in [1.29, 1.82) is 0 Å². The van der Waals surface area contributed by atoms with Gasteiger partial charge in [0.2, 0.25) is 0 Å². The van der Waals surface area contributed by atoms with E-state index in [0.717, 1.165) is 15.7 Å². The standard InChI is InChI=1S/C21H17BrN2O3/c1-26-19-6-3-2-5-16(19)21(25)24-18(20-7-4-12-27-20)13-17(23-24)14-8-10-15(22)11-9-14/h2-12,18H,13H2,1H3. The van der Waals surface area contributed by atoms with Crippen LogP contribution in [0.25, 0.3) is 0 Å². The molecule has 0 spiro atoms. The number of carbonyl (C=O) groups excluding carboxylic acids is 1. The summed E-state index contributed by atoms with van der Waals surface area (Å²) in [5.41, 5.74) is 2.29. The number of ether oxygens (including phenoxy) is 1. The lowest BCUT2D eigenvalue weighted by Crippen LogP contribution is -2.27. The molecule has 1 atom stereocenters. The molecule has 6 heteroatoms. The number of hydrazone groups is 1. The van der Waals surface area contributed by atoms with Crippen molar-refractivity contribution in [3.05, 3.63) is 88.3 Å². The van der Waals surface area contributed by atoms with Crippen LogP contribution in [0.2, 0.25) is 0 Å². The van der Waals surface area contributed by atoms with Crippen LogP contribution in [0.5, 0.6) is 5.75 Å². The highest BCUT2D eigenvalue weighted by atomic mass is 79.9. The molecule has 0 saturated carbocycles. The van der Waals surface area contributed by atoms with Crippen LogP contribution >= 0.6 is 15.9 Å². The highest BCUT2D eigenvalue weighted by Gasteiger charge is 2.36. The number of nitrogens with zero attached hydrogens (tertiary/aromatic N) is 2. The number of amides is 1. The molecule has 2 heterocycles. The Labute approximate surface area is 165 Å². The summed E-state index contributed by atoms with van der Waals surface area (Å²) in [6.45, 7) is 0. The van der Waals surface area contributed by atoms with E-state index in [9.17, 15) is 4.79 Å². The van der Waals surface area contributed by atoms with E-state index < -0.39 is 0 Å². The molecule has 3 aromatic rings. The van der Waals surface area contributed by atoms with Crippen molar-refractivity contribution in [2.75, 3.05) is 7.11 Å². The highest BCUT2D eigenvalue weighted by Crippen LogP contribution is 2.35. The van der Waals surface area contributed by atoms with Gasteiger partial charge in [-0.3, -0.25) is 4.79 Å². The van der Waals surface area contributed by atoms with Gasteiger partial charge in [-0.15, -0.1) is 0 Å². The van der Waals surface area contributed by atoms with Gasteiger partial charge in [0.1, 0.15) is 17.6 Å². The van der Waals surface area contributed by atoms with Crippen molar-refractivity contribution in [3.8, 4) is 5.75 Å². The largest absolute Gasteiger partial charge is 0.496 e. The first-order chi connectivity index (χ1) is 13.2. The number of hydrogen-bond acceptors (Lipinski definition) is 4. The van der Waals surface area contributed by atoms with Gasteiger partial charge in [0.15, 0.2) is 0 Å². The Morgan fingerprint density at radius 1 is 1.15 bits per heavy atom. The molecule has 1 aliphatic rings. The number of carbonyl (C=O) groups is 1. The number of furan rings is 1. The summed E-state index contributed by atoms with van der Waals surface area (Å²) in [5.74, 6) is 1.00. The summed E-state index contributed by atoms with van der Waals surface area (Å²) in [6.07, 6.45) is 2.19. The minimum atomic E-state index is -0.295. The molecule has 0 bridgehead atoms. The minimum Gasteiger partial charge on any atom is -0.496 e. The SMILES string of the molecule is COc1ccccc1C(=O)N1N=C(c2ccc(Br)cc2)CC1c1ccco1. The first-order valence-corrected chi connectivity index (χ1v) is 9.30. The van der Waals surface area contributed by atoms with Gasteiger partial charge < -0.3 is 9.15 Å². The Kier molecular flexibility index (Phi) is 4.81. The number of hydrogen-bond donors (Lipinski definition) is 0. The Morgan fingerprint density at radius 3 is 2.63 bits per heavy atom. The van der Waals surface area contributed by atoms with Crippen molar-refractivity contribution >= 4 is 27.5 Å². The van der Waals surface area contributed by atoms with E-state index in [2.05, 4.69) is 21.0 Å². The van der Waals surface area contributed by atoms with Gasteiger partial charge in [-0.2, -0.15) is 5.10 Å². The van der Waals surface area contributed by atoms with Gasteiger partial charge in [0.05, 0.1) is 24.6 Å². The quantitative estimate of drug-likeness (QED) is 0.589. The second-order valence-corrected chi connectivity index (χ2v) is 7.05. The van der Waals surface area contributed by atoms with Crippen molar-refractivity contribution in [1.82, 2.24) is 5.01 Å². The molecule has 0 radical (unpaired) electrons. The minimum absolute atomic E-state index is 0.221. The second kappa shape index (κ2) is 7.40. The molecule has 0 fully saturated rings. The van der Waals surface area contributed by atoms with E-state index in [1.807, 2.05) is 48.5 Å². The van der Waals surface area contributed by atoms with E-state index in [4.69, 9.17) is 9.15 Å². The fourth-order valence-electron chi connectivity index (χ4n) is 3.16. The zero-order valence-corrected chi connectivity index (χ0v) is 16.2. The summed E-state index contributed by atoms with van der Waals surface area (Å²) < 4.78 is 11.9. The zero-order valence-electron chi connectivity index (χ0n) is 14.6. The smallest absolute Gasteiger partial charge is 0.278 e. The molecular weight excluding hydrogens is 408 g/mol. The number of halogens is 1. The Hall–Kier alpha value is -2.86. The third-order valence-electron chi connectivity index (χ3n) is 4.50.